The van der Waals surface area contributed by atoms with E-state index >= 15 is 0 Å². The monoisotopic (exact) mass is 736 g/mol. The average Bonchev–Trinajstić information content (AvgIpc) is 3.71. The number of morpholine rings is 2. The van der Waals surface area contributed by atoms with Gasteiger partial charge >= 0.3 is 0 Å². The van der Waals surface area contributed by atoms with Crippen molar-refractivity contribution in [2.45, 2.75) is 13.8 Å². The van der Waals surface area contributed by atoms with Crippen LogP contribution >= 0.6 is 22.7 Å². The molecule has 0 radical (unpaired) electrons. The molecule has 0 saturated carbocycles. The van der Waals surface area contributed by atoms with Gasteiger partial charge in [-0.1, -0.05) is 22.7 Å². The van der Waals surface area contributed by atoms with E-state index in [1.807, 2.05) is 50.2 Å². The number of hydrogen-bond donors (Lipinski definition) is 4. The molecule has 2 aromatic carbocycles. The number of nitrogens with one attached hydrogen (secondary N) is 2. The fourth-order valence-electron chi connectivity index (χ4n) is 5.81. The number of ether oxygens (including phenoxy) is 2. The third-order valence-corrected chi connectivity index (χ3v) is 10.4. The molecule has 2 fully saturated rings. The molecule has 268 valence electrons. The van der Waals surface area contributed by atoms with Gasteiger partial charge in [0.25, 0.3) is 0 Å². The summed E-state index contributed by atoms with van der Waals surface area (Å²) in [6.45, 7) is 10.7. The predicted molar refractivity (Wildman–Crippen MR) is 210 cm³/mol. The molecule has 14 nitrogen and oxygen atoms in total. The van der Waals surface area contributed by atoms with Gasteiger partial charge in [-0.3, -0.25) is 0 Å². The van der Waals surface area contributed by atoms with Gasteiger partial charge in [0, 0.05) is 61.3 Å². The first-order chi connectivity index (χ1) is 25.4. The highest BCUT2D eigenvalue weighted by Gasteiger charge is 2.14. The maximum Gasteiger partial charge on any atom is 0.227 e. The summed E-state index contributed by atoms with van der Waals surface area (Å²) in [6.07, 6.45) is 3.48. The number of nitrogens with two attached hydrogens (primary N) is 2. The zero-order chi connectivity index (χ0) is 35.9. The Balaban J connectivity index is 0.000000162. The highest BCUT2D eigenvalue weighted by atomic mass is 32.1. The van der Waals surface area contributed by atoms with Crippen molar-refractivity contribution in [3.05, 3.63) is 84.4 Å². The lowest BCUT2D eigenvalue weighted by molar-refractivity contribution is 0.122. The van der Waals surface area contributed by atoms with Gasteiger partial charge in [0.05, 0.1) is 59.0 Å². The van der Waals surface area contributed by atoms with Crippen LogP contribution in [0.3, 0.4) is 0 Å². The third kappa shape index (κ3) is 8.71. The van der Waals surface area contributed by atoms with Gasteiger partial charge < -0.3 is 41.4 Å². The lowest BCUT2D eigenvalue weighted by atomic mass is 10.2. The quantitative estimate of drug-likeness (QED) is 0.140. The second kappa shape index (κ2) is 16.3. The van der Waals surface area contributed by atoms with Crippen molar-refractivity contribution in [3.63, 3.8) is 0 Å². The zero-order valence-corrected chi connectivity index (χ0v) is 30.6. The number of thiazole rings is 2. The molecular formula is C36H40N12O2S2. The Hall–Kier alpha value is -5.42. The topological polar surface area (TPSA) is 178 Å². The Morgan fingerprint density at radius 3 is 1.29 bits per heavy atom. The summed E-state index contributed by atoms with van der Waals surface area (Å²) in [6, 6.07) is 20.3. The lowest BCUT2D eigenvalue weighted by Gasteiger charge is -2.28. The van der Waals surface area contributed by atoms with E-state index in [-0.39, 0.29) is 0 Å². The number of anilines is 8. The summed E-state index contributed by atoms with van der Waals surface area (Å²) >= 11 is 2.87. The van der Waals surface area contributed by atoms with Crippen molar-refractivity contribution in [1.82, 2.24) is 29.9 Å². The van der Waals surface area contributed by atoms with Gasteiger partial charge in [-0.25, -0.2) is 29.9 Å². The number of hydrogen-bond acceptors (Lipinski definition) is 16. The van der Waals surface area contributed by atoms with Crippen LogP contribution in [-0.4, -0.2) is 82.5 Å². The first-order valence-corrected chi connectivity index (χ1v) is 18.5. The van der Waals surface area contributed by atoms with E-state index in [0.29, 0.717) is 22.2 Å². The summed E-state index contributed by atoms with van der Waals surface area (Å²) in [5.74, 6) is 1.10. The minimum Gasteiger partial charge on any atom is -0.378 e. The molecule has 4 aromatic heterocycles. The summed E-state index contributed by atoms with van der Waals surface area (Å²) in [5, 5.41) is 7.61. The Bertz CT molecular complexity index is 1930. The van der Waals surface area contributed by atoms with Crippen LogP contribution in [0.5, 0.6) is 0 Å². The molecule has 2 aliphatic heterocycles. The molecular weight excluding hydrogens is 697 g/mol. The smallest absolute Gasteiger partial charge is 0.227 e. The van der Waals surface area contributed by atoms with Crippen molar-refractivity contribution < 1.29 is 9.47 Å². The molecule has 0 amide bonds. The minimum atomic E-state index is 0.546. The maximum absolute atomic E-state index is 5.79. The third-order valence-electron chi connectivity index (χ3n) is 8.40. The highest BCUT2D eigenvalue weighted by molar-refractivity contribution is 7.19. The van der Waals surface area contributed by atoms with E-state index in [4.69, 9.17) is 20.9 Å². The first-order valence-electron chi connectivity index (χ1n) is 16.9. The van der Waals surface area contributed by atoms with Gasteiger partial charge in [-0.2, -0.15) is 0 Å². The van der Waals surface area contributed by atoms with Crippen LogP contribution in [0, 0.1) is 13.8 Å². The van der Waals surface area contributed by atoms with Gasteiger partial charge in [-0.05, 0) is 74.5 Å². The van der Waals surface area contributed by atoms with E-state index < -0.39 is 0 Å². The SMILES string of the molecule is Cc1nc(N)sc1-c1ccnc(Nc2ccc(N3CCOCC3)cc2)n1.Cc1nc(N)sc1-c1ccnc(Nc2ccc(N3CCOCC3)cc2)n1. The molecule has 0 spiro atoms. The van der Waals surface area contributed by atoms with Crippen LogP contribution in [0.2, 0.25) is 0 Å². The zero-order valence-electron chi connectivity index (χ0n) is 29.0. The number of nitrogens with zero attached hydrogens (tertiary/aromatic N) is 8. The van der Waals surface area contributed by atoms with Crippen LogP contribution < -0.4 is 31.9 Å². The number of nitrogen functional groups attached to an aromatic ring is 2. The fraction of sp³-hybridized carbons (Fsp3) is 0.278. The molecule has 2 aliphatic rings. The summed E-state index contributed by atoms with van der Waals surface area (Å²) < 4.78 is 10.8. The first kappa shape index (κ1) is 35.0. The molecule has 8 rings (SSSR count). The van der Waals surface area contributed by atoms with Crippen LogP contribution in [0.4, 0.5) is 44.9 Å². The molecule has 16 heteroatoms. The fourth-order valence-corrected chi connectivity index (χ4v) is 7.42. The van der Waals surface area contributed by atoms with E-state index in [1.165, 1.54) is 34.0 Å². The normalized spacial score (nSPS) is 14.4. The predicted octanol–water partition coefficient (Wildman–Crippen LogP) is 6.14. The van der Waals surface area contributed by atoms with Crippen LogP contribution in [0.1, 0.15) is 11.4 Å². The Morgan fingerprint density at radius 1 is 0.558 bits per heavy atom. The van der Waals surface area contributed by atoms with E-state index in [2.05, 4.69) is 74.6 Å². The lowest BCUT2D eigenvalue weighted by Crippen LogP contribution is -2.36. The molecule has 6 aromatic rings. The Morgan fingerprint density at radius 2 is 0.942 bits per heavy atom. The van der Waals surface area contributed by atoms with Gasteiger partial charge in [-0.15, -0.1) is 0 Å². The molecule has 6 N–H and O–H groups in total. The van der Waals surface area contributed by atoms with Crippen molar-refractivity contribution in [3.8, 4) is 21.1 Å². The van der Waals surface area contributed by atoms with Gasteiger partial charge in [0.1, 0.15) is 0 Å². The molecule has 52 heavy (non-hydrogen) atoms. The average molecular weight is 737 g/mol. The summed E-state index contributed by atoms with van der Waals surface area (Å²) in [7, 11) is 0. The highest BCUT2D eigenvalue weighted by Crippen LogP contribution is 2.32. The number of benzene rings is 2. The van der Waals surface area contributed by atoms with Gasteiger partial charge in [0.15, 0.2) is 10.3 Å². The molecule has 0 bridgehead atoms. The molecule has 6 heterocycles. The van der Waals surface area contributed by atoms with E-state index in [0.717, 1.165) is 96.5 Å². The van der Waals surface area contributed by atoms with Crippen molar-refractivity contribution in [2.75, 3.05) is 84.5 Å². The van der Waals surface area contributed by atoms with Crippen LogP contribution in [0.15, 0.2) is 73.1 Å². The molecule has 2 saturated heterocycles. The molecule has 0 aliphatic carbocycles. The number of aromatic nitrogens is 6. The second-order valence-corrected chi connectivity index (χ2v) is 14.1. The Labute approximate surface area is 309 Å². The largest absolute Gasteiger partial charge is 0.378 e. The maximum atomic E-state index is 5.79. The molecule has 0 unspecified atom stereocenters. The van der Waals surface area contributed by atoms with Crippen molar-refractivity contribution in [2.24, 2.45) is 0 Å². The second-order valence-electron chi connectivity index (χ2n) is 12.0. The van der Waals surface area contributed by atoms with Crippen molar-refractivity contribution in [1.29, 1.82) is 0 Å². The number of rotatable bonds is 8. The molecule has 0 atom stereocenters. The van der Waals surface area contributed by atoms with Gasteiger partial charge in [0.2, 0.25) is 11.9 Å². The Kier molecular flexibility index (Phi) is 11.0. The standard InChI is InChI=1S/2C18H20N6OS/c2*1-12-16(26-17(19)21-12)15-6-7-20-18(23-15)22-13-2-4-14(5-3-13)24-8-10-25-11-9-24/h2*2-7H,8-11H2,1H3,(H2,19,21)(H,20,22,23). The van der Waals surface area contributed by atoms with Crippen molar-refractivity contribution >= 4 is 67.6 Å². The van der Waals surface area contributed by atoms with Crippen LogP contribution in [-0.2, 0) is 9.47 Å². The summed E-state index contributed by atoms with van der Waals surface area (Å²) in [5.41, 5.74) is 19.3. The minimum absolute atomic E-state index is 0.546. The number of aryl methyl sites for hydroxylation is 2. The van der Waals surface area contributed by atoms with E-state index in [1.54, 1.807) is 12.4 Å². The van der Waals surface area contributed by atoms with Crippen LogP contribution in [0.25, 0.3) is 21.1 Å². The van der Waals surface area contributed by atoms with E-state index in [9.17, 15) is 0 Å². The summed E-state index contributed by atoms with van der Waals surface area (Å²) in [4.78, 5) is 32.9.